The lowest BCUT2D eigenvalue weighted by atomic mass is 10.1. The van der Waals surface area contributed by atoms with Crippen LogP contribution in [-0.4, -0.2) is 18.3 Å². The molecule has 6 heteroatoms. The second-order valence-corrected chi connectivity index (χ2v) is 4.71. The lowest BCUT2D eigenvalue weighted by Gasteiger charge is -2.14. The van der Waals surface area contributed by atoms with Crippen molar-refractivity contribution < 1.29 is 18.0 Å². The molecule has 106 valence electrons. The minimum absolute atomic E-state index is 0.125. The van der Waals surface area contributed by atoms with Crippen molar-refractivity contribution in [3.8, 4) is 0 Å². The van der Waals surface area contributed by atoms with Crippen LogP contribution < -0.4 is 5.32 Å². The van der Waals surface area contributed by atoms with E-state index in [4.69, 9.17) is 11.6 Å². The van der Waals surface area contributed by atoms with Gasteiger partial charge in [-0.2, -0.15) is 13.2 Å². The first kappa shape index (κ1) is 15.8. The van der Waals surface area contributed by atoms with Crippen molar-refractivity contribution in [3.05, 3.63) is 35.4 Å². The summed E-state index contributed by atoms with van der Waals surface area (Å²) in [6, 6.07) is 4.74. The van der Waals surface area contributed by atoms with E-state index < -0.39 is 17.6 Å². The molecule has 1 rings (SSSR count). The van der Waals surface area contributed by atoms with Gasteiger partial charge < -0.3 is 5.32 Å². The van der Waals surface area contributed by atoms with Crippen LogP contribution in [0.4, 0.5) is 13.2 Å². The maximum absolute atomic E-state index is 12.7. The smallest absolute Gasteiger partial charge is 0.352 e. The van der Waals surface area contributed by atoms with Crippen molar-refractivity contribution in [2.75, 3.05) is 12.4 Å². The molecule has 0 bridgehead atoms. The zero-order valence-electron chi connectivity index (χ0n) is 10.4. The van der Waals surface area contributed by atoms with Gasteiger partial charge in [-0.15, -0.1) is 11.6 Å². The topological polar surface area (TPSA) is 29.1 Å². The van der Waals surface area contributed by atoms with Crippen molar-refractivity contribution in [2.45, 2.75) is 19.5 Å². The average Bonchev–Trinajstić information content (AvgIpc) is 2.35. The van der Waals surface area contributed by atoms with Gasteiger partial charge in [-0.05, 0) is 24.5 Å². The van der Waals surface area contributed by atoms with Crippen molar-refractivity contribution >= 4 is 17.5 Å². The summed E-state index contributed by atoms with van der Waals surface area (Å²) in [6.45, 7) is 2.18. The molecular weight excluding hydrogens is 279 g/mol. The zero-order valence-corrected chi connectivity index (χ0v) is 11.2. The minimum atomic E-state index is -4.53. The summed E-state index contributed by atoms with van der Waals surface area (Å²) >= 11 is 5.55. The van der Waals surface area contributed by atoms with E-state index in [9.17, 15) is 18.0 Å². The number of nitrogens with one attached hydrogen (secondary N) is 1. The number of hydrogen-bond acceptors (Lipinski definition) is 1. The number of hydrogen-bond donors (Lipinski definition) is 1. The number of rotatable bonds is 5. The Kier molecular flexibility index (Phi) is 5.66. The van der Waals surface area contributed by atoms with Gasteiger partial charge in [0.1, 0.15) is 0 Å². The average molecular weight is 294 g/mol. The highest BCUT2D eigenvalue weighted by Gasteiger charge is 2.34. The molecule has 0 radical (unpaired) electrons. The molecule has 1 aromatic carbocycles. The summed E-state index contributed by atoms with van der Waals surface area (Å²) in [5.74, 6) is -0.134. The van der Waals surface area contributed by atoms with Gasteiger partial charge in [-0.25, -0.2) is 0 Å². The number of amides is 1. The molecule has 0 spiro atoms. The molecule has 1 unspecified atom stereocenters. The second kappa shape index (κ2) is 6.80. The Bertz CT molecular complexity index is 434. The third-order valence-electron chi connectivity index (χ3n) is 2.69. The van der Waals surface area contributed by atoms with E-state index >= 15 is 0 Å². The van der Waals surface area contributed by atoms with Crippen LogP contribution in [0.5, 0.6) is 0 Å². The Morgan fingerprint density at radius 3 is 2.58 bits per heavy atom. The Morgan fingerprint density at radius 2 is 2.00 bits per heavy atom. The molecule has 1 atom stereocenters. The Hall–Kier alpha value is -1.23. The lowest BCUT2D eigenvalue weighted by molar-refractivity contribution is -0.137. The maximum Gasteiger partial charge on any atom is 0.417 e. The molecule has 19 heavy (non-hydrogen) atoms. The van der Waals surface area contributed by atoms with E-state index in [0.717, 1.165) is 6.07 Å². The van der Waals surface area contributed by atoms with Gasteiger partial charge in [-0.3, -0.25) is 4.79 Å². The SMILES string of the molecule is CC(CCCl)CNC(=O)c1ccccc1C(F)(F)F. The first-order valence-electron chi connectivity index (χ1n) is 5.86. The van der Waals surface area contributed by atoms with Crippen LogP contribution in [0.15, 0.2) is 24.3 Å². The third kappa shape index (κ3) is 4.74. The van der Waals surface area contributed by atoms with Gasteiger partial charge >= 0.3 is 6.18 Å². The normalized spacial score (nSPS) is 13.1. The quantitative estimate of drug-likeness (QED) is 0.824. The van der Waals surface area contributed by atoms with Crippen LogP contribution in [0.1, 0.15) is 29.3 Å². The molecule has 0 fully saturated rings. The second-order valence-electron chi connectivity index (χ2n) is 4.34. The number of benzene rings is 1. The third-order valence-corrected chi connectivity index (χ3v) is 2.91. The summed E-state index contributed by atoms with van der Waals surface area (Å²) in [4.78, 5) is 11.8. The van der Waals surface area contributed by atoms with Crippen LogP contribution in [0.2, 0.25) is 0 Å². The summed E-state index contributed by atoms with van der Waals surface area (Å²) in [6.07, 6.45) is -3.83. The molecule has 0 saturated heterocycles. The minimum Gasteiger partial charge on any atom is -0.352 e. The van der Waals surface area contributed by atoms with E-state index in [-0.39, 0.29) is 11.5 Å². The van der Waals surface area contributed by atoms with E-state index in [1.54, 1.807) is 0 Å². The van der Waals surface area contributed by atoms with Crippen molar-refractivity contribution in [1.29, 1.82) is 0 Å². The first-order valence-corrected chi connectivity index (χ1v) is 6.40. The molecule has 0 aliphatic carbocycles. The van der Waals surface area contributed by atoms with Gasteiger partial charge in [0.05, 0.1) is 11.1 Å². The van der Waals surface area contributed by atoms with Crippen LogP contribution in [0, 0.1) is 5.92 Å². The molecule has 1 aromatic rings. The largest absolute Gasteiger partial charge is 0.417 e. The Labute approximate surface area is 114 Å². The summed E-state index contributed by atoms with van der Waals surface area (Å²) < 4.78 is 38.2. The van der Waals surface area contributed by atoms with Crippen LogP contribution in [0.25, 0.3) is 0 Å². The number of halogens is 4. The summed E-state index contributed by atoms with van der Waals surface area (Å²) in [5.41, 5.74) is -1.27. The monoisotopic (exact) mass is 293 g/mol. The number of alkyl halides is 4. The van der Waals surface area contributed by atoms with Crippen LogP contribution >= 0.6 is 11.6 Å². The Balaban J connectivity index is 2.78. The van der Waals surface area contributed by atoms with Crippen molar-refractivity contribution in [3.63, 3.8) is 0 Å². The maximum atomic E-state index is 12.7. The molecule has 2 nitrogen and oxygen atoms in total. The molecule has 1 amide bonds. The van der Waals surface area contributed by atoms with Crippen molar-refractivity contribution in [2.24, 2.45) is 5.92 Å². The van der Waals surface area contributed by atoms with Crippen molar-refractivity contribution in [1.82, 2.24) is 5.32 Å². The zero-order chi connectivity index (χ0) is 14.5. The highest BCUT2D eigenvalue weighted by Crippen LogP contribution is 2.31. The summed E-state index contributed by atoms with van der Waals surface area (Å²) in [5, 5.41) is 2.50. The highest BCUT2D eigenvalue weighted by atomic mass is 35.5. The molecule has 0 heterocycles. The lowest BCUT2D eigenvalue weighted by Crippen LogP contribution is -2.30. The number of carbonyl (C=O) groups is 1. The van der Waals surface area contributed by atoms with Gasteiger partial charge in [0, 0.05) is 12.4 Å². The van der Waals surface area contributed by atoms with Gasteiger partial charge in [0.15, 0.2) is 0 Å². The molecule has 0 aliphatic heterocycles. The van der Waals surface area contributed by atoms with E-state index in [0.29, 0.717) is 18.8 Å². The predicted molar refractivity (Wildman–Crippen MR) is 68.3 cm³/mol. The molecular formula is C13H15ClF3NO. The van der Waals surface area contributed by atoms with E-state index in [2.05, 4.69) is 5.32 Å². The molecule has 1 N–H and O–H groups in total. The molecule has 0 saturated carbocycles. The fourth-order valence-electron chi connectivity index (χ4n) is 1.58. The van der Waals surface area contributed by atoms with Crippen LogP contribution in [-0.2, 0) is 6.18 Å². The van der Waals surface area contributed by atoms with Crippen LogP contribution in [0.3, 0.4) is 0 Å². The standard InChI is InChI=1S/C13H15ClF3NO/c1-9(6-7-14)8-18-12(19)10-4-2-3-5-11(10)13(15,16)17/h2-5,9H,6-8H2,1H3,(H,18,19). The van der Waals surface area contributed by atoms with E-state index in [1.165, 1.54) is 18.2 Å². The first-order chi connectivity index (χ1) is 8.86. The number of carbonyl (C=O) groups excluding carboxylic acids is 1. The highest BCUT2D eigenvalue weighted by molar-refractivity contribution is 6.17. The van der Waals surface area contributed by atoms with Gasteiger partial charge in [0.25, 0.3) is 5.91 Å². The molecule has 0 aromatic heterocycles. The fraction of sp³-hybridized carbons (Fsp3) is 0.462. The Morgan fingerprint density at radius 1 is 1.37 bits per heavy atom. The van der Waals surface area contributed by atoms with Gasteiger partial charge in [-0.1, -0.05) is 19.1 Å². The summed E-state index contributed by atoms with van der Waals surface area (Å²) in [7, 11) is 0. The van der Waals surface area contributed by atoms with E-state index in [1.807, 2.05) is 6.92 Å². The fourth-order valence-corrected chi connectivity index (χ4v) is 1.95. The molecule has 0 aliphatic rings. The van der Waals surface area contributed by atoms with Gasteiger partial charge in [0.2, 0.25) is 0 Å². The predicted octanol–water partition coefficient (Wildman–Crippen LogP) is 3.70.